The molecule has 2 heterocycles. The minimum Gasteiger partial charge on any atom is -0.483 e. The van der Waals surface area contributed by atoms with Crippen molar-refractivity contribution in [2.24, 2.45) is 0 Å². The molecule has 0 saturated heterocycles. The van der Waals surface area contributed by atoms with Crippen LogP contribution >= 0.6 is 0 Å². The van der Waals surface area contributed by atoms with Gasteiger partial charge in [-0.3, -0.25) is 0 Å². The Bertz CT molecular complexity index is 579. The van der Waals surface area contributed by atoms with Gasteiger partial charge in [-0.15, -0.1) is 0 Å². The lowest BCUT2D eigenvalue weighted by Gasteiger charge is -2.06. The van der Waals surface area contributed by atoms with Crippen LogP contribution in [0.4, 0.5) is 0 Å². The number of pyridine rings is 1. The summed E-state index contributed by atoms with van der Waals surface area (Å²) in [5, 5.41) is 12.6. The Hall–Kier alpha value is -2.44. The van der Waals surface area contributed by atoms with Crippen LogP contribution in [-0.2, 0) is 6.61 Å². The lowest BCUT2D eigenvalue weighted by Crippen LogP contribution is -2.07. The van der Waals surface area contributed by atoms with Gasteiger partial charge in [-0.2, -0.15) is 4.98 Å². The van der Waals surface area contributed by atoms with Crippen molar-refractivity contribution in [2.75, 3.05) is 0 Å². The van der Waals surface area contributed by atoms with Crippen molar-refractivity contribution in [3.05, 3.63) is 35.2 Å². The fraction of sp³-hybridized carbons (Fsp3) is 0.273. The minimum absolute atomic E-state index is 0.0301. The molecular formula is C11H11N3O4. The summed E-state index contributed by atoms with van der Waals surface area (Å²) in [5.74, 6) is -0.188. The van der Waals surface area contributed by atoms with Crippen molar-refractivity contribution in [1.82, 2.24) is 15.1 Å². The first-order chi connectivity index (χ1) is 8.56. The zero-order valence-electron chi connectivity index (χ0n) is 9.88. The smallest absolute Gasteiger partial charge is 0.358 e. The predicted molar refractivity (Wildman–Crippen MR) is 59.3 cm³/mol. The molecule has 0 bridgehead atoms. The predicted octanol–water partition coefficient (Wildman–Crippen LogP) is 1.36. The van der Waals surface area contributed by atoms with Gasteiger partial charge in [0.15, 0.2) is 18.1 Å². The standard InChI is InChI=1S/C11H11N3O4/c1-6-3-4-8(10(12-6)11(15)16)17-5-9-13-7(2)18-14-9/h3-4H,5H2,1-2H3,(H,15,16). The lowest BCUT2D eigenvalue weighted by molar-refractivity contribution is 0.0684. The number of hydrogen-bond donors (Lipinski definition) is 1. The maximum Gasteiger partial charge on any atom is 0.358 e. The number of aromatic nitrogens is 3. The summed E-state index contributed by atoms with van der Waals surface area (Å²) >= 11 is 0. The highest BCUT2D eigenvalue weighted by atomic mass is 16.5. The highest BCUT2D eigenvalue weighted by Gasteiger charge is 2.14. The molecule has 2 rings (SSSR count). The number of rotatable bonds is 4. The number of nitrogens with zero attached hydrogens (tertiary/aromatic N) is 3. The zero-order valence-corrected chi connectivity index (χ0v) is 9.88. The number of hydrogen-bond acceptors (Lipinski definition) is 6. The Labute approximate surface area is 102 Å². The molecule has 1 N–H and O–H groups in total. The van der Waals surface area contributed by atoms with Gasteiger partial charge in [0.05, 0.1) is 0 Å². The molecule has 0 aliphatic rings. The normalized spacial score (nSPS) is 10.3. The van der Waals surface area contributed by atoms with Crippen molar-refractivity contribution in [1.29, 1.82) is 0 Å². The fourth-order valence-electron chi connectivity index (χ4n) is 1.36. The first kappa shape index (κ1) is 12.0. The molecule has 0 saturated carbocycles. The number of carbonyl (C=O) groups is 1. The van der Waals surface area contributed by atoms with E-state index >= 15 is 0 Å². The molecule has 7 heteroatoms. The Morgan fingerprint density at radius 1 is 1.39 bits per heavy atom. The second kappa shape index (κ2) is 4.82. The van der Waals surface area contributed by atoms with Gasteiger partial charge in [-0.1, -0.05) is 5.16 Å². The van der Waals surface area contributed by atoms with Gasteiger partial charge >= 0.3 is 5.97 Å². The van der Waals surface area contributed by atoms with Crippen LogP contribution < -0.4 is 4.74 Å². The molecule has 0 fully saturated rings. The maximum atomic E-state index is 11.0. The van der Waals surface area contributed by atoms with Crippen LogP contribution in [-0.4, -0.2) is 26.2 Å². The van der Waals surface area contributed by atoms with Gasteiger partial charge in [-0.05, 0) is 19.1 Å². The van der Waals surface area contributed by atoms with E-state index in [2.05, 4.69) is 15.1 Å². The highest BCUT2D eigenvalue weighted by Crippen LogP contribution is 2.18. The third kappa shape index (κ3) is 2.62. The van der Waals surface area contributed by atoms with Gasteiger partial charge in [0.1, 0.15) is 0 Å². The number of ether oxygens (including phenoxy) is 1. The SMILES string of the molecule is Cc1ccc(OCc2noc(C)n2)c(C(=O)O)n1. The second-order valence-electron chi connectivity index (χ2n) is 3.62. The molecule has 0 atom stereocenters. The van der Waals surface area contributed by atoms with E-state index in [9.17, 15) is 4.79 Å². The summed E-state index contributed by atoms with van der Waals surface area (Å²) in [6.07, 6.45) is 0. The minimum atomic E-state index is -1.14. The molecule has 0 amide bonds. The Morgan fingerprint density at radius 2 is 2.17 bits per heavy atom. The van der Waals surface area contributed by atoms with E-state index in [1.165, 1.54) is 0 Å². The molecule has 0 aliphatic heterocycles. The fourth-order valence-corrected chi connectivity index (χ4v) is 1.36. The number of aromatic carboxylic acids is 1. The summed E-state index contributed by atoms with van der Waals surface area (Å²) < 4.78 is 10.1. The Morgan fingerprint density at radius 3 is 2.78 bits per heavy atom. The van der Waals surface area contributed by atoms with Crippen molar-refractivity contribution >= 4 is 5.97 Å². The summed E-state index contributed by atoms with van der Waals surface area (Å²) in [6.45, 7) is 3.40. The van der Waals surface area contributed by atoms with E-state index in [4.69, 9.17) is 14.4 Å². The van der Waals surface area contributed by atoms with Crippen LogP contribution in [0.2, 0.25) is 0 Å². The van der Waals surface area contributed by atoms with Crippen molar-refractivity contribution < 1.29 is 19.2 Å². The van der Waals surface area contributed by atoms with E-state index < -0.39 is 5.97 Å². The van der Waals surface area contributed by atoms with E-state index in [1.54, 1.807) is 26.0 Å². The van der Waals surface area contributed by atoms with E-state index in [1.807, 2.05) is 0 Å². The van der Waals surface area contributed by atoms with Crippen molar-refractivity contribution in [2.45, 2.75) is 20.5 Å². The monoisotopic (exact) mass is 249 g/mol. The summed E-state index contributed by atoms with van der Waals surface area (Å²) in [6, 6.07) is 3.22. The quantitative estimate of drug-likeness (QED) is 0.873. The topological polar surface area (TPSA) is 98.3 Å². The average molecular weight is 249 g/mol. The first-order valence-corrected chi connectivity index (χ1v) is 5.19. The molecular weight excluding hydrogens is 238 g/mol. The Kier molecular flexibility index (Phi) is 3.22. The molecule has 0 unspecified atom stereocenters. The molecule has 0 radical (unpaired) electrons. The van der Waals surface area contributed by atoms with Crippen LogP contribution in [0, 0.1) is 13.8 Å². The van der Waals surface area contributed by atoms with Gasteiger partial charge in [0, 0.05) is 12.6 Å². The second-order valence-corrected chi connectivity index (χ2v) is 3.62. The van der Waals surface area contributed by atoms with Crippen LogP contribution in [0.3, 0.4) is 0 Å². The highest BCUT2D eigenvalue weighted by molar-refractivity contribution is 5.88. The van der Waals surface area contributed by atoms with E-state index in [0.29, 0.717) is 17.4 Å². The number of carboxylic acid groups (broad SMARTS) is 1. The summed E-state index contributed by atoms with van der Waals surface area (Å²) in [5.41, 5.74) is 0.477. The molecule has 0 aromatic carbocycles. The molecule has 2 aromatic heterocycles. The van der Waals surface area contributed by atoms with Gasteiger partial charge in [0.25, 0.3) is 0 Å². The van der Waals surface area contributed by atoms with Gasteiger partial charge < -0.3 is 14.4 Å². The molecule has 0 spiro atoms. The van der Waals surface area contributed by atoms with Crippen molar-refractivity contribution in [3.8, 4) is 5.75 Å². The van der Waals surface area contributed by atoms with E-state index in [-0.39, 0.29) is 18.1 Å². The van der Waals surface area contributed by atoms with Crippen LogP contribution in [0.1, 0.15) is 27.9 Å². The molecule has 7 nitrogen and oxygen atoms in total. The largest absolute Gasteiger partial charge is 0.483 e. The summed E-state index contributed by atoms with van der Waals surface area (Å²) in [7, 11) is 0. The Balaban J connectivity index is 2.16. The van der Waals surface area contributed by atoms with Crippen LogP contribution in [0.5, 0.6) is 5.75 Å². The zero-order chi connectivity index (χ0) is 13.1. The lowest BCUT2D eigenvalue weighted by atomic mass is 10.3. The van der Waals surface area contributed by atoms with Crippen LogP contribution in [0.15, 0.2) is 16.7 Å². The van der Waals surface area contributed by atoms with E-state index in [0.717, 1.165) is 0 Å². The average Bonchev–Trinajstić information content (AvgIpc) is 2.73. The van der Waals surface area contributed by atoms with Crippen molar-refractivity contribution in [3.63, 3.8) is 0 Å². The molecule has 94 valence electrons. The maximum absolute atomic E-state index is 11.0. The number of carboxylic acids is 1. The summed E-state index contributed by atoms with van der Waals surface area (Å²) in [4.78, 5) is 18.8. The first-order valence-electron chi connectivity index (χ1n) is 5.19. The molecule has 18 heavy (non-hydrogen) atoms. The third-order valence-corrected chi connectivity index (χ3v) is 2.13. The number of aryl methyl sites for hydroxylation is 2. The third-order valence-electron chi connectivity index (χ3n) is 2.13. The van der Waals surface area contributed by atoms with Crippen LogP contribution in [0.25, 0.3) is 0 Å². The molecule has 2 aromatic rings. The van der Waals surface area contributed by atoms with Gasteiger partial charge in [-0.25, -0.2) is 9.78 Å². The van der Waals surface area contributed by atoms with Gasteiger partial charge in [0.2, 0.25) is 11.7 Å². The molecule has 0 aliphatic carbocycles.